The standard InChI is InChI=1S/C11H8BrNO2.C9H10N2O2.C3H4N2/c12-9-3-1-2-8-4-7(5-10(14)15)6-13-11(8)9;1-12-8-3-6(5-10)7(11)4-9(8)13-2;1-2-4-5-3-1/h1-4,6H,5H2,(H,14,15);3-4H,11H2,1-2H3;1-3H,(H,4,5). The van der Waals surface area contributed by atoms with Crippen LogP contribution in [0.15, 0.2) is 65.5 Å². The summed E-state index contributed by atoms with van der Waals surface area (Å²) < 4.78 is 10.9. The van der Waals surface area contributed by atoms with Crippen LogP contribution in [0.5, 0.6) is 11.5 Å². The summed E-state index contributed by atoms with van der Waals surface area (Å²) in [5.74, 6) is 0.193. The van der Waals surface area contributed by atoms with Crippen LogP contribution in [-0.2, 0) is 11.2 Å². The smallest absolute Gasteiger partial charge is 0.307 e. The van der Waals surface area contributed by atoms with Crippen molar-refractivity contribution in [3.63, 3.8) is 0 Å². The third-order valence-corrected chi connectivity index (χ3v) is 4.80. The fraction of sp³-hybridized carbons (Fsp3) is 0.130. The lowest BCUT2D eigenvalue weighted by Gasteiger charge is -2.08. The number of methoxy groups -OCH3 is 2. The minimum atomic E-state index is -0.842. The molecule has 0 amide bonds. The Balaban J connectivity index is 0.000000195. The van der Waals surface area contributed by atoms with E-state index in [2.05, 4.69) is 31.1 Å². The van der Waals surface area contributed by atoms with Crippen molar-refractivity contribution in [2.24, 2.45) is 0 Å². The number of pyridine rings is 1. The maximum Gasteiger partial charge on any atom is 0.307 e. The number of anilines is 1. The Hall–Kier alpha value is -4.10. The van der Waals surface area contributed by atoms with Crippen LogP contribution < -0.4 is 15.2 Å². The Morgan fingerprint density at radius 1 is 1.21 bits per heavy atom. The molecule has 2 aromatic carbocycles. The quantitative estimate of drug-likeness (QED) is 0.345. The Bertz CT molecular complexity index is 1220. The van der Waals surface area contributed by atoms with Crippen LogP contribution in [0.4, 0.5) is 5.69 Å². The molecule has 4 aromatic rings. The van der Waals surface area contributed by atoms with Crippen LogP contribution in [0.3, 0.4) is 0 Å². The second kappa shape index (κ2) is 12.7. The van der Waals surface area contributed by atoms with Gasteiger partial charge in [0.2, 0.25) is 0 Å². The first kappa shape index (κ1) is 25.2. The van der Waals surface area contributed by atoms with E-state index >= 15 is 0 Å². The Labute approximate surface area is 198 Å². The van der Waals surface area contributed by atoms with E-state index in [9.17, 15) is 4.79 Å². The highest BCUT2D eigenvalue weighted by molar-refractivity contribution is 9.10. The van der Waals surface area contributed by atoms with Crippen molar-refractivity contribution in [1.82, 2.24) is 15.2 Å². The largest absolute Gasteiger partial charge is 0.493 e. The van der Waals surface area contributed by atoms with Crippen molar-refractivity contribution in [1.29, 1.82) is 5.26 Å². The van der Waals surface area contributed by atoms with Crippen LogP contribution in [0.25, 0.3) is 10.9 Å². The zero-order valence-corrected chi connectivity index (χ0v) is 19.5. The van der Waals surface area contributed by atoms with Gasteiger partial charge in [-0.25, -0.2) is 0 Å². The normalized spacial score (nSPS) is 9.52. The minimum Gasteiger partial charge on any atom is -0.493 e. The Morgan fingerprint density at radius 3 is 2.48 bits per heavy atom. The van der Waals surface area contributed by atoms with Crippen molar-refractivity contribution in [2.45, 2.75) is 6.42 Å². The van der Waals surface area contributed by atoms with Crippen molar-refractivity contribution in [2.75, 3.05) is 20.0 Å². The molecule has 0 radical (unpaired) electrons. The molecule has 2 heterocycles. The van der Waals surface area contributed by atoms with Crippen LogP contribution in [0.2, 0.25) is 0 Å². The number of carboxylic acids is 1. The van der Waals surface area contributed by atoms with Gasteiger partial charge in [0, 0.05) is 40.6 Å². The summed E-state index contributed by atoms with van der Waals surface area (Å²) in [6.07, 6.45) is 5.07. The molecule has 0 spiro atoms. The highest BCUT2D eigenvalue weighted by Gasteiger charge is 2.08. The predicted molar refractivity (Wildman–Crippen MR) is 128 cm³/mol. The summed E-state index contributed by atoms with van der Waals surface area (Å²) in [6.45, 7) is 0. The van der Waals surface area contributed by atoms with Crippen molar-refractivity contribution < 1.29 is 19.4 Å². The van der Waals surface area contributed by atoms with E-state index in [4.69, 9.17) is 25.6 Å². The van der Waals surface area contributed by atoms with E-state index in [0.717, 1.165) is 15.4 Å². The average molecular weight is 512 g/mol. The maximum atomic E-state index is 10.5. The van der Waals surface area contributed by atoms with E-state index in [-0.39, 0.29) is 6.42 Å². The maximum absolute atomic E-state index is 10.5. The van der Waals surface area contributed by atoms with E-state index in [1.807, 2.05) is 36.4 Å². The molecule has 0 bridgehead atoms. The molecule has 2 aromatic heterocycles. The number of para-hydroxylation sites is 1. The number of nitrogens with one attached hydrogen (secondary N) is 1. The number of benzene rings is 2. The number of rotatable bonds is 4. The molecule has 4 rings (SSSR count). The van der Waals surface area contributed by atoms with Gasteiger partial charge in [-0.05, 0) is 39.7 Å². The van der Waals surface area contributed by atoms with Gasteiger partial charge in [-0.2, -0.15) is 10.4 Å². The van der Waals surface area contributed by atoms with Crippen molar-refractivity contribution in [3.05, 3.63) is 76.7 Å². The van der Waals surface area contributed by atoms with Gasteiger partial charge in [-0.1, -0.05) is 12.1 Å². The number of hydrogen-bond donors (Lipinski definition) is 3. The highest BCUT2D eigenvalue weighted by atomic mass is 79.9. The second-order valence-electron chi connectivity index (χ2n) is 6.40. The third kappa shape index (κ3) is 7.52. The van der Waals surface area contributed by atoms with Crippen LogP contribution in [-0.4, -0.2) is 40.5 Å². The highest BCUT2D eigenvalue weighted by Crippen LogP contribution is 2.31. The fourth-order valence-corrected chi connectivity index (χ4v) is 3.13. The van der Waals surface area contributed by atoms with Crippen LogP contribution in [0, 0.1) is 11.3 Å². The lowest BCUT2D eigenvalue weighted by atomic mass is 10.1. The van der Waals surface area contributed by atoms with Gasteiger partial charge in [-0.3, -0.25) is 14.9 Å². The minimum absolute atomic E-state index is 0.00938. The van der Waals surface area contributed by atoms with Gasteiger partial charge in [0.25, 0.3) is 0 Å². The first-order valence-corrected chi connectivity index (χ1v) is 10.3. The topological polar surface area (TPSA) is 147 Å². The monoisotopic (exact) mass is 511 g/mol. The number of nitrogens with two attached hydrogens (primary N) is 1. The molecule has 9 nitrogen and oxygen atoms in total. The lowest BCUT2D eigenvalue weighted by molar-refractivity contribution is -0.136. The molecule has 4 N–H and O–H groups in total. The number of ether oxygens (including phenoxy) is 2. The van der Waals surface area contributed by atoms with Gasteiger partial charge in [-0.15, -0.1) is 0 Å². The fourth-order valence-electron chi connectivity index (χ4n) is 2.65. The summed E-state index contributed by atoms with van der Waals surface area (Å²) >= 11 is 3.39. The molecular formula is C23H22BrN5O4. The summed E-state index contributed by atoms with van der Waals surface area (Å²) in [7, 11) is 3.03. The first-order valence-electron chi connectivity index (χ1n) is 9.49. The Kier molecular flexibility index (Phi) is 9.67. The molecule has 0 aliphatic heterocycles. The summed E-state index contributed by atoms with van der Waals surface area (Å²) in [5.41, 5.74) is 7.92. The van der Waals surface area contributed by atoms with Crippen LogP contribution >= 0.6 is 15.9 Å². The molecule has 0 fully saturated rings. The van der Waals surface area contributed by atoms with Gasteiger partial charge >= 0.3 is 5.97 Å². The number of H-pyrrole nitrogens is 1. The zero-order valence-electron chi connectivity index (χ0n) is 17.9. The average Bonchev–Trinajstić information content (AvgIpc) is 3.39. The van der Waals surface area contributed by atoms with E-state index in [1.165, 1.54) is 14.2 Å². The lowest BCUT2D eigenvalue weighted by Crippen LogP contribution is -2.00. The number of nitriles is 1. The van der Waals surface area contributed by atoms with E-state index in [1.54, 1.807) is 30.7 Å². The summed E-state index contributed by atoms with van der Waals surface area (Å²) in [4.78, 5) is 14.8. The molecule has 170 valence electrons. The molecule has 0 aliphatic carbocycles. The van der Waals surface area contributed by atoms with Crippen molar-refractivity contribution in [3.8, 4) is 17.6 Å². The van der Waals surface area contributed by atoms with Crippen LogP contribution in [0.1, 0.15) is 11.1 Å². The van der Waals surface area contributed by atoms with Gasteiger partial charge in [0.15, 0.2) is 11.5 Å². The molecule has 0 unspecified atom stereocenters. The summed E-state index contributed by atoms with van der Waals surface area (Å²) in [5, 5.41) is 24.5. The molecule has 33 heavy (non-hydrogen) atoms. The first-order chi connectivity index (χ1) is 15.9. The third-order valence-electron chi connectivity index (χ3n) is 4.16. The van der Waals surface area contributed by atoms with Gasteiger partial charge < -0.3 is 20.3 Å². The Morgan fingerprint density at radius 2 is 1.94 bits per heavy atom. The number of fused-ring (bicyclic) bond motifs is 1. The number of aromatic amines is 1. The van der Waals surface area contributed by atoms with Crippen molar-refractivity contribution >= 4 is 38.5 Å². The number of nitrogen functional groups attached to an aromatic ring is 1. The number of nitrogens with zero attached hydrogens (tertiary/aromatic N) is 3. The predicted octanol–water partition coefficient (Wildman–Crippen LogP) is 4.19. The number of carboxylic acid groups (broad SMARTS) is 1. The van der Waals surface area contributed by atoms with E-state index in [0.29, 0.717) is 28.3 Å². The summed E-state index contributed by atoms with van der Waals surface area (Å²) in [6, 6.07) is 14.5. The van der Waals surface area contributed by atoms with Gasteiger partial charge in [0.1, 0.15) is 6.07 Å². The molecule has 0 saturated heterocycles. The molecule has 10 heteroatoms. The molecule has 0 aliphatic rings. The van der Waals surface area contributed by atoms with E-state index < -0.39 is 5.97 Å². The van der Waals surface area contributed by atoms with Gasteiger partial charge in [0.05, 0.1) is 37.4 Å². The molecular weight excluding hydrogens is 490 g/mol. The molecule has 0 atom stereocenters. The molecule has 0 saturated carbocycles. The number of carbonyl (C=O) groups is 1. The number of hydrogen-bond acceptors (Lipinski definition) is 7. The number of aromatic nitrogens is 3. The second-order valence-corrected chi connectivity index (χ2v) is 7.25. The number of halogens is 1. The number of aliphatic carboxylic acids is 1. The zero-order chi connectivity index (χ0) is 24.2. The SMILES string of the molecule is COc1cc(N)c(C#N)cc1OC.O=C(O)Cc1cnc2c(Br)cccc2c1.c1cn[nH]c1.